The van der Waals surface area contributed by atoms with Crippen molar-refractivity contribution in [3.05, 3.63) is 75.9 Å². The zero-order valence-corrected chi connectivity index (χ0v) is 21.5. The number of carbonyl (C=O) groups excluding carboxylic acids is 1. The highest BCUT2D eigenvalue weighted by Gasteiger charge is 2.33. The Morgan fingerprint density at radius 1 is 0.889 bits per heavy atom. The molecule has 1 aliphatic rings. The highest BCUT2D eigenvalue weighted by Crippen LogP contribution is 2.45. The lowest BCUT2D eigenvalue weighted by Gasteiger charge is -2.27. The number of Topliss-reactive ketones (excluding diaryl/α,β-unsaturated/α-hetero) is 1. The van der Waals surface area contributed by atoms with Gasteiger partial charge in [-0.05, 0) is 71.9 Å². The van der Waals surface area contributed by atoms with E-state index in [1.807, 2.05) is 13.0 Å². The Kier molecular flexibility index (Phi) is 8.86. The summed E-state index contributed by atoms with van der Waals surface area (Å²) >= 11 is 0. The van der Waals surface area contributed by atoms with Gasteiger partial charge in [0.25, 0.3) is 0 Å². The average molecular weight is 493 g/mol. The highest BCUT2D eigenvalue weighted by atomic mass is 16.5. The molecule has 0 bridgehead atoms. The van der Waals surface area contributed by atoms with Crippen molar-refractivity contribution in [1.29, 1.82) is 0 Å². The minimum absolute atomic E-state index is 0.0457. The summed E-state index contributed by atoms with van der Waals surface area (Å²) in [4.78, 5) is 12.9. The topological polar surface area (TPSA) is 107 Å². The molecule has 0 unspecified atom stereocenters. The van der Waals surface area contributed by atoms with Gasteiger partial charge in [0.1, 0.15) is 40.4 Å². The molecule has 0 fully saturated rings. The number of rotatable bonds is 9. The predicted octanol–water partition coefficient (Wildman–Crippen LogP) is 7.18. The monoisotopic (exact) mass is 492 g/mol. The van der Waals surface area contributed by atoms with E-state index in [2.05, 4.69) is 32.9 Å². The van der Waals surface area contributed by atoms with Crippen molar-refractivity contribution in [2.75, 3.05) is 0 Å². The van der Waals surface area contributed by atoms with Gasteiger partial charge in [0.15, 0.2) is 5.78 Å². The van der Waals surface area contributed by atoms with Crippen LogP contribution in [-0.4, -0.2) is 26.2 Å². The van der Waals surface area contributed by atoms with Gasteiger partial charge in [0.05, 0.1) is 6.42 Å². The fourth-order valence-corrected chi connectivity index (χ4v) is 4.31. The third kappa shape index (κ3) is 6.94. The number of aromatic hydroxyl groups is 4. The van der Waals surface area contributed by atoms with Gasteiger partial charge in [-0.15, -0.1) is 0 Å². The van der Waals surface area contributed by atoms with E-state index in [1.54, 1.807) is 0 Å². The van der Waals surface area contributed by atoms with Crippen molar-refractivity contribution in [2.24, 2.45) is 0 Å². The first kappa shape index (κ1) is 26.9. The van der Waals surface area contributed by atoms with Crippen molar-refractivity contribution >= 4 is 5.78 Å². The number of carbonyl (C=O) groups is 1. The molecule has 0 saturated carbocycles. The maximum Gasteiger partial charge on any atom is 0.174 e. The number of ketones is 1. The molecule has 0 radical (unpaired) electrons. The lowest BCUT2D eigenvalue weighted by molar-refractivity contribution is 0.0843. The molecule has 0 aromatic heterocycles. The van der Waals surface area contributed by atoms with Gasteiger partial charge in [-0.1, -0.05) is 34.9 Å². The van der Waals surface area contributed by atoms with Crippen LogP contribution in [0.2, 0.25) is 0 Å². The standard InChI is InChI=1S/C30H36O6/c1-18(2)7-5-8-19(3)9-6-10-20(4)11-12-24-25(33)16-28-29(30(24)35)26(34)17-27(36-28)21-13-22(31)15-23(32)14-21/h7,9,11,13-16,27,31-33,35H,5-6,8,10,12,17H2,1-4H3/b19-9+,20-11+/t27-/m0/s1. The van der Waals surface area contributed by atoms with Gasteiger partial charge in [0.2, 0.25) is 0 Å². The lowest BCUT2D eigenvalue weighted by atomic mass is 9.92. The number of hydrogen-bond donors (Lipinski definition) is 4. The van der Waals surface area contributed by atoms with Gasteiger partial charge >= 0.3 is 0 Å². The van der Waals surface area contributed by atoms with E-state index in [4.69, 9.17) is 4.74 Å². The molecule has 2 aromatic carbocycles. The second-order valence-corrected chi connectivity index (χ2v) is 9.78. The van der Waals surface area contributed by atoms with E-state index in [0.29, 0.717) is 5.56 Å². The fourth-order valence-electron chi connectivity index (χ4n) is 4.31. The number of benzene rings is 2. The van der Waals surface area contributed by atoms with Gasteiger partial charge in [-0.2, -0.15) is 0 Å². The molecule has 192 valence electrons. The summed E-state index contributed by atoms with van der Waals surface area (Å²) in [6.45, 7) is 8.37. The summed E-state index contributed by atoms with van der Waals surface area (Å²) in [6, 6.07) is 5.35. The molecule has 4 N–H and O–H groups in total. The zero-order chi connectivity index (χ0) is 26.4. The van der Waals surface area contributed by atoms with Crippen LogP contribution in [0.1, 0.15) is 87.4 Å². The van der Waals surface area contributed by atoms with Crippen molar-refractivity contribution in [3.8, 4) is 28.7 Å². The van der Waals surface area contributed by atoms with Gasteiger partial charge in [-0.25, -0.2) is 0 Å². The second kappa shape index (κ2) is 11.8. The van der Waals surface area contributed by atoms with E-state index in [9.17, 15) is 25.2 Å². The first-order valence-corrected chi connectivity index (χ1v) is 12.3. The van der Waals surface area contributed by atoms with Crippen molar-refractivity contribution in [3.63, 3.8) is 0 Å². The third-order valence-electron chi connectivity index (χ3n) is 6.34. The van der Waals surface area contributed by atoms with Crippen LogP contribution in [0.4, 0.5) is 0 Å². The van der Waals surface area contributed by atoms with E-state index in [0.717, 1.165) is 31.3 Å². The van der Waals surface area contributed by atoms with E-state index in [-0.39, 0.29) is 58.5 Å². The molecule has 36 heavy (non-hydrogen) atoms. The van der Waals surface area contributed by atoms with Gasteiger partial charge < -0.3 is 25.2 Å². The molecule has 2 aromatic rings. The molecule has 1 aliphatic heterocycles. The van der Waals surface area contributed by atoms with Crippen LogP contribution < -0.4 is 4.74 Å². The molecule has 0 saturated heterocycles. The average Bonchev–Trinajstić information content (AvgIpc) is 2.77. The molecular weight excluding hydrogens is 456 g/mol. The number of hydrogen-bond acceptors (Lipinski definition) is 6. The Morgan fingerprint density at radius 3 is 2.14 bits per heavy atom. The quantitative estimate of drug-likeness (QED) is 0.276. The normalized spacial score (nSPS) is 15.9. The van der Waals surface area contributed by atoms with Crippen molar-refractivity contribution < 1.29 is 30.0 Å². The number of ether oxygens (including phenoxy) is 1. The summed E-state index contributed by atoms with van der Waals surface area (Å²) in [5, 5.41) is 40.9. The summed E-state index contributed by atoms with van der Waals surface area (Å²) in [7, 11) is 0. The summed E-state index contributed by atoms with van der Waals surface area (Å²) in [5.41, 5.74) is 4.58. The molecule has 6 heteroatoms. The molecule has 0 spiro atoms. The molecule has 0 aliphatic carbocycles. The number of allylic oxidation sites excluding steroid dienone is 6. The van der Waals surface area contributed by atoms with Crippen LogP contribution >= 0.6 is 0 Å². The SMILES string of the molecule is CC(C)=CCC/C(C)=C/CC/C(C)=C/Cc1c(O)cc2c(c1O)C(=O)C[C@@H](c1cc(O)cc(O)c1)O2. The molecule has 3 rings (SSSR count). The van der Waals surface area contributed by atoms with Crippen LogP contribution in [0.5, 0.6) is 28.7 Å². The highest BCUT2D eigenvalue weighted by molar-refractivity contribution is 6.03. The number of fused-ring (bicyclic) bond motifs is 1. The second-order valence-electron chi connectivity index (χ2n) is 9.78. The number of phenols is 4. The summed E-state index contributed by atoms with van der Waals surface area (Å²) in [5.74, 6) is -0.984. The maximum absolute atomic E-state index is 12.9. The Bertz CT molecular complexity index is 1190. The predicted molar refractivity (Wildman–Crippen MR) is 141 cm³/mol. The first-order valence-electron chi connectivity index (χ1n) is 12.3. The van der Waals surface area contributed by atoms with E-state index in [1.165, 1.54) is 35.4 Å². The molecule has 1 heterocycles. The zero-order valence-electron chi connectivity index (χ0n) is 21.5. The lowest BCUT2D eigenvalue weighted by Crippen LogP contribution is -2.21. The Labute approximate surface area is 212 Å². The largest absolute Gasteiger partial charge is 0.508 e. The third-order valence-corrected chi connectivity index (χ3v) is 6.34. The van der Waals surface area contributed by atoms with Gasteiger partial charge in [-0.3, -0.25) is 4.79 Å². The Hall–Kier alpha value is -3.67. The minimum atomic E-state index is -0.756. The fraction of sp³-hybridized carbons (Fsp3) is 0.367. The van der Waals surface area contributed by atoms with Crippen LogP contribution in [0.3, 0.4) is 0 Å². The van der Waals surface area contributed by atoms with Gasteiger partial charge in [0, 0.05) is 23.3 Å². The van der Waals surface area contributed by atoms with Crippen LogP contribution in [0, 0.1) is 0 Å². The first-order chi connectivity index (χ1) is 17.0. The van der Waals surface area contributed by atoms with E-state index < -0.39 is 6.10 Å². The molecule has 1 atom stereocenters. The molecular formula is C30H36O6. The molecule has 0 amide bonds. The van der Waals surface area contributed by atoms with Crippen LogP contribution in [0.15, 0.2) is 59.2 Å². The maximum atomic E-state index is 12.9. The van der Waals surface area contributed by atoms with Crippen LogP contribution in [-0.2, 0) is 6.42 Å². The Balaban J connectivity index is 1.69. The van der Waals surface area contributed by atoms with Crippen LogP contribution in [0.25, 0.3) is 0 Å². The summed E-state index contributed by atoms with van der Waals surface area (Å²) < 4.78 is 5.87. The summed E-state index contributed by atoms with van der Waals surface area (Å²) in [6.07, 6.45) is 9.81. The number of phenolic OH excluding ortho intramolecular Hbond substituents is 4. The minimum Gasteiger partial charge on any atom is -0.508 e. The van der Waals surface area contributed by atoms with Crippen molar-refractivity contribution in [1.82, 2.24) is 0 Å². The molecule has 6 nitrogen and oxygen atoms in total. The van der Waals surface area contributed by atoms with Crippen molar-refractivity contribution in [2.45, 2.75) is 72.3 Å². The smallest absolute Gasteiger partial charge is 0.174 e. The Morgan fingerprint density at radius 2 is 1.50 bits per heavy atom. The van der Waals surface area contributed by atoms with E-state index >= 15 is 0 Å².